The minimum absolute atomic E-state index is 0.210. The van der Waals surface area contributed by atoms with Crippen LogP contribution in [-0.2, 0) is 20.7 Å². The Labute approximate surface area is 151 Å². The average molecular weight is 362 g/mol. The van der Waals surface area contributed by atoms with E-state index in [1.165, 1.54) is 14.0 Å². The van der Waals surface area contributed by atoms with Crippen LogP contribution < -0.4 is 10.1 Å². The summed E-state index contributed by atoms with van der Waals surface area (Å²) in [7, 11) is 1.49. The Morgan fingerprint density at radius 3 is 2.56 bits per heavy atom. The molecule has 2 rings (SSSR count). The molecule has 0 bridgehead atoms. The fourth-order valence-corrected chi connectivity index (χ4v) is 2.39. The van der Waals surface area contributed by atoms with Crippen molar-refractivity contribution in [3.63, 3.8) is 0 Å². The summed E-state index contributed by atoms with van der Waals surface area (Å²) in [6, 6.07) is 14.5. The molecular weight excluding hydrogens is 342 g/mol. The van der Waals surface area contributed by atoms with E-state index in [1.54, 1.807) is 18.2 Å². The van der Waals surface area contributed by atoms with Gasteiger partial charge in [0.2, 0.25) is 0 Å². The van der Waals surface area contributed by atoms with Crippen LogP contribution in [0.2, 0.25) is 5.02 Å². The zero-order valence-corrected chi connectivity index (χ0v) is 14.9. The van der Waals surface area contributed by atoms with Gasteiger partial charge in [-0.2, -0.15) is 0 Å². The molecule has 1 amide bonds. The summed E-state index contributed by atoms with van der Waals surface area (Å²) in [5.41, 5.74) is 1.47. The molecule has 1 atom stereocenters. The summed E-state index contributed by atoms with van der Waals surface area (Å²) >= 11 is 5.93. The summed E-state index contributed by atoms with van der Waals surface area (Å²) in [5, 5.41) is 3.12. The topological polar surface area (TPSA) is 64.6 Å². The van der Waals surface area contributed by atoms with E-state index >= 15 is 0 Å². The molecule has 0 fully saturated rings. The van der Waals surface area contributed by atoms with E-state index in [-0.39, 0.29) is 6.42 Å². The van der Waals surface area contributed by atoms with Crippen LogP contribution in [-0.4, -0.2) is 25.1 Å². The van der Waals surface area contributed by atoms with Crippen LogP contribution in [0.3, 0.4) is 0 Å². The number of aryl methyl sites for hydroxylation is 1. The molecule has 0 aliphatic rings. The molecule has 1 N–H and O–H groups in total. The van der Waals surface area contributed by atoms with Crippen molar-refractivity contribution in [3.05, 3.63) is 59.1 Å². The van der Waals surface area contributed by atoms with E-state index in [1.807, 2.05) is 30.3 Å². The van der Waals surface area contributed by atoms with Crippen molar-refractivity contribution in [2.24, 2.45) is 0 Å². The molecule has 0 unspecified atom stereocenters. The predicted octanol–water partition coefficient (Wildman–Crippen LogP) is 3.85. The molecule has 0 aromatic heterocycles. The van der Waals surface area contributed by atoms with Gasteiger partial charge in [0.1, 0.15) is 5.75 Å². The lowest BCUT2D eigenvalue weighted by atomic mass is 10.1. The fourth-order valence-electron chi connectivity index (χ4n) is 2.21. The van der Waals surface area contributed by atoms with Gasteiger partial charge < -0.3 is 14.8 Å². The van der Waals surface area contributed by atoms with E-state index in [4.69, 9.17) is 21.1 Å². The second-order valence-corrected chi connectivity index (χ2v) is 5.89. The van der Waals surface area contributed by atoms with Crippen molar-refractivity contribution in [1.82, 2.24) is 0 Å². The van der Waals surface area contributed by atoms with Crippen LogP contribution in [0.1, 0.15) is 18.9 Å². The number of halogens is 1. The van der Waals surface area contributed by atoms with Crippen molar-refractivity contribution in [2.75, 3.05) is 12.4 Å². The van der Waals surface area contributed by atoms with Gasteiger partial charge in [-0.25, -0.2) is 0 Å². The molecule has 0 aliphatic heterocycles. The molecule has 0 saturated carbocycles. The standard InChI is InChI=1S/C19H20ClNO4/c1-13(25-18(22)11-8-14-6-4-3-5-7-14)19(23)21-16-12-15(20)9-10-17(16)24-2/h3-7,9-10,12-13H,8,11H2,1-2H3,(H,21,23)/t13-/m1/s1. The lowest BCUT2D eigenvalue weighted by molar-refractivity contribution is -0.153. The highest BCUT2D eigenvalue weighted by Gasteiger charge is 2.19. The number of ether oxygens (including phenoxy) is 2. The molecule has 132 valence electrons. The van der Waals surface area contributed by atoms with E-state index in [0.29, 0.717) is 22.9 Å². The van der Waals surface area contributed by atoms with Gasteiger partial charge in [0.15, 0.2) is 6.10 Å². The van der Waals surface area contributed by atoms with Crippen molar-refractivity contribution >= 4 is 29.2 Å². The highest BCUT2D eigenvalue weighted by Crippen LogP contribution is 2.27. The highest BCUT2D eigenvalue weighted by atomic mass is 35.5. The number of anilines is 1. The van der Waals surface area contributed by atoms with Gasteiger partial charge in [-0.15, -0.1) is 0 Å². The zero-order chi connectivity index (χ0) is 18.2. The highest BCUT2D eigenvalue weighted by molar-refractivity contribution is 6.31. The van der Waals surface area contributed by atoms with Crippen LogP contribution in [0.15, 0.2) is 48.5 Å². The molecule has 2 aromatic carbocycles. The summed E-state index contributed by atoms with van der Waals surface area (Å²) in [6.07, 6.45) is -0.148. The normalized spacial score (nSPS) is 11.5. The fraction of sp³-hybridized carbons (Fsp3) is 0.263. The minimum atomic E-state index is -0.924. The number of carbonyl (C=O) groups excluding carboxylic acids is 2. The Morgan fingerprint density at radius 1 is 1.16 bits per heavy atom. The zero-order valence-electron chi connectivity index (χ0n) is 14.1. The third kappa shape index (κ3) is 5.80. The summed E-state index contributed by atoms with van der Waals surface area (Å²) in [6.45, 7) is 1.52. The van der Waals surface area contributed by atoms with E-state index in [9.17, 15) is 9.59 Å². The number of hydrogen-bond acceptors (Lipinski definition) is 4. The van der Waals surface area contributed by atoms with Gasteiger partial charge in [-0.3, -0.25) is 9.59 Å². The molecular formula is C19H20ClNO4. The van der Waals surface area contributed by atoms with Crippen LogP contribution in [0.4, 0.5) is 5.69 Å². The van der Waals surface area contributed by atoms with Crippen LogP contribution in [0.5, 0.6) is 5.75 Å². The van der Waals surface area contributed by atoms with E-state index < -0.39 is 18.0 Å². The van der Waals surface area contributed by atoms with Gasteiger partial charge >= 0.3 is 5.97 Å². The number of amides is 1. The van der Waals surface area contributed by atoms with Crippen molar-refractivity contribution in [3.8, 4) is 5.75 Å². The molecule has 0 radical (unpaired) electrons. The first-order valence-corrected chi connectivity index (χ1v) is 8.25. The maximum Gasteiger partial charge on any atom is 0.306 e. The number of nitrogens with one attached hydrogen (secondary N) is 1. The van der Waals surface area contributed by atoms with Gasteiger partial charge in [0.25, 0.3) is 5.91 Å². The average Bonchev–Trinajstić information content (AvgIpc) is 2.61. The van der Waals surface area contributed by atoms with Crippen molar-refractivity contribution in [2.45, 2.75) is 25.9 Å². The summed E-state index contributed by atoms with van der Waals surface area (Å²) in [4.78, 5) is 24.1. The number of benzene rings is 2. The van der Waals surface area contributed by atoms with Gasteiger partial charge in [0.05, 0.1) is 12.8 Å². The summed E-state index contributed by atoms with van der Waals surface area (Å²) in [5.74, 6) is -0.404. The maximum absolute atomic E-state index is 12.2. The largest absolute Gasteiger partial charge is 0.495 e. The Morgan fingerprint density at radius 2 is 1.88 bits per heavy atom. The number of esters is 1. The minimum Gasteiger partial charge on any atom is -0.495 e. The first kappa shape index (κ1) is 18.8. The second kappa shape index (κ2) is 9.08. The number of rotatable bonds is 7. The second-order valence-electron chi connectivity index (χ2n) is 5.45. The molecule has 0 saturated heterocycles. The molecule has 0 aliphatic carbocycles. The Balaban J connectivity index is 1.87. The lowest BCUT2D eigenvalue weighted by Gasteiger charge is -2.15. The molecule has 0 spiro atoms. The number of methoxy groups -OCH3 is 1. The SMILES string of the molecule is COc1ccc(Cl)cc1NC(=O)[C@@H](C)OC(=O)CCc1ccccc1. The maximum atomic E-state index is 12.2. The van der Waals surface area contributed by atoms with Gasteiger partial charge in [-0.1, -0.05) is 41.9 Å². The van der Waals surface area contributed by atoms with Crippen LogP contribution in [0, 0.1) is 0 Å². The van der Waals surface area contributed by atoms with E-state index in [2.05, 4.69) is 5.32 Å². The van der Waals surface area contributed by atoms with Gasteiger partial charge in [-0.05, 0) is 37.1 Å². The van der Waals surface area contributed by atoms with Crippen molar-refractivity contribution in [1.29, 1.82) is 0 Å². The molecule has 2 aromatic rings. The van der Waals surface area contributed by atoms with Crippen LogP contribution >= 0.6 is 11.6 Å². The third-order valence-corrected chi connectivity index (χ3v) is 3.79. The molecule has 6 heteroatoms. The molecule has 25 heavy (non-hydrogen) atoms. The Hall–Kier alpha value is -2.53. The predicted molar refractivity (Wildman–Crippen MR) is 97.0 cm³/mol. The molecule has 0 heterocycles. The molecule has 5 nitrogen and oxygen atoms in total. The van der Waals surface area contributed by atoms with E-state index in [0.717, 1.165) is 5.56 Å². The first-order chi connectivity index (χ1) is 12.0. The smallest absolute Gasteiger partial charge is 0.306 e. The Kier molecular flexibility index (Phi) is 6.83. The number of carbonyl (C=O) groups is 2. The van der Waals surface area contributed by atoms with Gasteiger partial charge in [0, 0.05) is 11.4 Å². The van der Waals surface area contributed by atoms with Crippen LogP contribution in [0.25, 0.3) is 0 Å². The monoisotopic (exact) mass is 361 g/mol. The lowest BCUT2D eigenvalue weighted by Crippen LogP contribution is -2.30. The Bertz CT molecular complexity index is 733. The third-order valence-electron chi connectivity index (χ3n) is 3.56. The quantitative estimate of drug-likeness (QED) is 0.761. The number of hydrogen-bond donors (Lipinski definition) is 1. The van der Waals surface area contributed by atoms with Crippen molar-refractivity contribution < 1.29 is 19.1 Å². The summed E-state index contributed by atoms with van der Waals surface area (Å²) < 4.78 is 10.4. The first-order valence-electron chi connectivity index (χ1n) is 7.87.